The van der Waals surface area contributed by atoms with E-state index in [9.17, 15) is 4.39 Å². The summed E-state index contributed by atoms with van der Waals surface area (Å²) >= 11 is 0. The summed E-state index contributed by atoms with van der Waals surface area (Å²) in [6.45, 7) is 1.03. The first kappa shape index (κ1) is 18.1. The number of halogens is 1. The van der Waals surface area contributed by atoms with Crippen LogP contribution in [0, 0.1) is 5.82 Å². The van der Waals surface area contributed by atoms with E-state index in [2.05, 4.69) is 20.4 Å². The lowest BCUT2D eigenvalue weighted by Crippen LogP contribution is -2.12. The van der Waals surface area contributed by atoms with Crippen LogP contribution in [-0.2, 0) is 13.1 Å². The zero-order valence-electron chi connectivity index (χ0n) is 15.8. The molecule has 0 aliphatic carbocycles. The highest BCUT2D eigenvalue weighted by atomic mass is 19.1. The van der Waals surface area contributed by atoms with Crippen molar-refractivity contribution in [3.8, 4) is 5.69 Å². The average Bonchev–Trinajstić information content (AvgIpc) is 3.13. The lowest BCUT2D eigenvalue weighted by molar-refractivity contribution is 0.392. The summed E-state index contributed by atoms with van der Waals surface area (Å²) in [6.07, 6.45) is 3.25. The van der Waals surface area contributed by atoms with E-state index in [0.29, 0.717) is 24.5 Å². The number of nitrogens with one attached hydrogen (secondary N) is 1. The van der Waals surface area contributed by atoms with E-state index in [0.717, 1.165) is 22.3 Å². The number of fused-ring (bicyclic) bond motifs is 1. The molecule has 7 heteroatoms. The number of para-hydroxylation sites is 1. The zero-order chi connectivity index (χ0) is 19.5. The van der Waals surface area contributed by atoms with E-state index in [1.807, 2.05) is 61.5 Å². The van der Waals surface area contributed by atoms with E-state index < -0.39 is 0 Å². The van der Waals surface area contributed by atoms with Crippen LogP contribution >= 0.6 is 0 Å². The van der Waals surface area contributed by atoms with E-state index in [1.54, 1.807) is 16.9 Å². The molecule has 0 atom stereocenters. The molecule has 0 aliphatic rings. The maximum atomic E-state index is 14.3. The Balaban J connectivity index is 1.56. The minimum absolute atomic E-state index is 0.197. The molecule has 4 aromatic rings. The van der Waals surface area contributed by atoms with Crippen LogP contribution in [0.15, 0.2) is 61.1 Å². The standard InChI is InChI=1S/C21H21FN6/c1-27(2)13-16-9-8-15(10-19(16)22)11-23-20-18-12-26-28(21(18)25-14-24-20)17-6-4-3-5-7-17/h3-10,12,14H,11,13H2,1-2H3,(H,23,24,25). The summed E-state index contributed by atoms with van der Waals surface area (Å²) in [7, 11) is 3.84. The zero-order valence-corrected chi connectivity index (χ0v) is 15.8. The van der Waals surface area contributed by atoms with Crippen molar-refractivity contribution in [2.45, 2.75) is 13.1 Å². The molecule has 0 spiro atoms. The molecule has 0 saturated heterocycles. The van der Waals surface area contributed by atoms with Crippen LogP contribution in [0.1, 0.15) is 11.1 Å². The SMILES string of the molecule is CN(C)Cc1ccc(CNc2ncnc3c2cnn3-c2ccccc2)cc1F. The maximum absolute atomic E-state index is 14.3. The summed E-state index contributed by atoms with van der Waals surface area (Å²) in [6, 6.07) is 15.1. The van der Waals surface area contributed by atoms with Gasteiger partial charge in [0.2, 0.25) is 0 Å². The maximum Gasteiger partial charge on any atom is 0.168 e. The fourth-order valence-electron chi connectivity index (χ4n) is 3.10. The van der Waals surface area contributed by atoms with Crippen LogP contribution in [-0.4, -0.2) is 38.7 Å². The van der Waals surface area contributed by atoms with Crippen LogP contribution < -0.4 is 5.32 Å². The second kappa shape index (κ2) is 7.74. The molecule has 0 unspecified atom stereocenters. The summed E-state index contributed by atoms with van der Waals surface area (Å²) in [4.78, 5) is 10.6. The molecule has 28 heavy (non-hydrogen) atoms. The monoisotopic (exact) mass is 376 g/mol. The average molecular weight is 376 g/mol. The predicted molar refractivity (Wildman–Crippen MR) is 108 cm³/mol. The van der Waals surface area contributed by atoms with E-state index in [-0.39, 0.29) is 5.82 Å². The van der Waals surface area contributed by atoms with Crippen molar-refractivity contribution >= 4 is 16.9 Å². The second-order valence-electron chi connectivity index (χ2n) is 6.87. The first-order chi connectivity index (χ1) is 13.6. The summed E-state index contributed by atoms with van der Waals surface area (Å²) < 4.78 is 16.1. The Morgan fingerprint density at radius 1 is 1.07 bits per heavy atom. The summed E-state index contributed by atoms with van der Waals surface area (Å²) in [5.74, 6) is 0.475. The molecule has 2 heterocycles. The van der Waals surface area contributed by atoms with Gasteiger partial charge in [-0.2, -0.15) is 5.10 Å². The molecule has 0 bridgehead atoms. The van der Waals surface area contributed by atoms with Crippen LogP contribution in [0.3, 0.4) is 0 Å². The molecule has 0 saturated carbocycles. The third kappa shape index (κ3) is 3.70. The molecule has 2 aromatic carbocycles. The quantitative estimate of drug-likeness (QED) is 0.557. The van der Waals surface area contributed by atoms with Crippen LogP contribution in [0.2, 0.25) is 0 Å². The van der Waals surface area contributed by atoms with Crippen molar-refractivity contribution in [3.05, 3.63) is 78.0 Å². The molecule has 6 nitrogen and oxygen atoms in total. The molecule has 0 amide bonds. The number of benzene rings is 2. The smallest absolute Gasteiger partial charge is 0.168 e. The van der Waals surface area contributed by atoms with Gasteiger partial charge in [-0.1, -0.05) is 30.3 Å². The van der Waals surface area contributed by atoms with Crippen molar-refractivity contribution in [2.75, 3.05) is 19.4 Å². The topological polar surface area (TPSA) is 58.9 Å². The Bertz CT molecular complexity index is 1090. The van der Waals surface area contributed by atoms with Gasteiger partial charge >= 0.3 is 0 Å². The van der Waals surface area contributed by atoms with Gasteiger partial charge in [-0.25, -0.2) is 19.0 Å². The molecule has 0 radical (unpaired) electrons. The lowest BCUT2D eigenvalue weighted by Gasteiger charge is -2.12. The molecule has 0 fully saturated rings. The molecule has 0 aliphatic heterocycles. The molecule has 142 valence electrons. The third-order valence-electron chi connectivity index (χ3n) is 4.43. The number of aromatic nitrogens is 4. The number of nitrogens with zero attached hydrogens (tertiary/aromatic N) is 5. The first-order valence-electron chi connectivity index (χ1n) is 9.02. The van der Waals surface area contributed by atoms with Crippen LogP contribution in [0.25, 0.3) is 16.7 Å². The predicted octanol–water partition coefficient (Wildman–Crippen LogP) is 3.63. The van der Waals surface area contributed by atoms with Gasteiger partial charge in [0.1, 0.15) is 18.0 Å². The van der Waals surface area contributed by atoms with Gasteiger partial charge < -0.3 is 10.2 Å². The second-order valence-corrected chi connectivity index (χ2v) is 6.87. The Hall–Kier alpha value is -3.32. The Kier molecular flexibility index (Phi) is 4.99. The molecule has 2 aromatic heterocycles. The summed E-state index contributed by atoms with van der Waals surface area (Å²) in [5, 5.41) is 8.53. The molecule has 4 rings (SSSR count). The van der Waals surface area contributed by atoms with E-state index in [4.69, 9.17) is 0 Å². The van der Waals surface area contributed by atoms with E-state index >= 15 is 0 Å². The largest absolute Gasteiger partial charge is 0.365 e. The van der Waals surface area contributed by atoms with Gasteiger partial charge in [-0.15, -0.1) is 0 Å². The number of hydrogen-bond acceptors (Lipinski definition) is 5. The molecular weight excluding hydrogens is 355 g/mol. The van der Waals surface area contributed by atoms with Gasteiger partial charge in [0, 0.05) is 18.7 Å². The third-order valence-corrected chi connectivity index (χ3v) is 4.43. The van der Waals surface area contributed by atoms with Crippen LogP contribution in [0.5, 0.6) is 0 Å². The van der Waals surface area contributed by atoms with Crippen molar-refractivity contribution in [2.24, 2.45) is 0 Å². The van der Waals surface area contributed by atoms with Gasteiger partial charge in [0.15, 0.2) is 5.65 Å². The Morgan fingerprint density at radius 3 is 2.64 bits per heavy atom. The highest BCUT2D eigenvalue weighted by Crippen LogP contribution is 2.22. The van der Waals surface area contributed by atoms with Crippen molar-refractivity contribution in [1.29, 1.82) is 0 Å². The molecule has 1 N–H and O–H groups in total. The minimum atomic E-state index is -0.197. The highest BCUT2D eigenvalue weighted by Gasteiger charge is 2.11. The fourth-order valence-corrected chi connectivity index (χ4v) is 3.10. The van der Waals surface area contributed by atoms with Crippen molar-refractivity contribution in [3.63, 3.8) is 0 Å². The molecular formula is C21H21FN6. The summed E-state index contributed by atoms with van der Waals surface area (Å²) in [5.41, 5.74) is 3.18. The van der Waals surface area contributed by atoms with Gasteiger partial charge in [-0.3, -0.25) is 0 Å². The lowest BCUT2D eigenvalue weighted by atomic mass is 10.1. The highest BCUT2D eigenvalue weighted by molar-refractivity contribution is 5.87. The van der Waals surface area contributed by atoms with Crippen LogP contribution in [0.4, 0.5) is 10.2 Å². The van der Waals surface area contributed by atoms with Crippen molar-refractivity contribution in [1.82, 2.24) is 24.6 Å². The van der Waals surface area contributed by atoms with Gasteiger partial charge in [0.05, 0.1) is 17.3 Å². The normalized spacial score (nSPS) is 11.3. The number of hydrogen-bond donors (Lipinski definition) is 1. The minimum Gasteiger partial charge on any atom is -0.365 e. The Labute approximate surface area is 162 Å². The van der Waals surface area contributed by atoms with Gasteiger partial charge in [0.25, 0.3) is 0 Å². The van der Waals surface area contributed by atoms with E-state index in [1.165, 1.54) is 6.33 Å². The first-order valence-corrected chi connectivity index (χ1v) is 9.02. The number of rotatable bonds is 6. The Morgan fingerprint density at radius 2 is 1.89 bits per heavy atom. The van der Waals surface area contributed by atoms with Crippen molar-refractivity contribution < 1.29 is 4.39 Å². The fraction of sp³-hybridized carbons (Fsp3) is 0.190. The van der Waals surface area contributed by atoms with Gasteiger partial charge in [-0.05, 0) is 37.9 Å². The number of anilines is 1.